The van der Waals surface area contributed by atoms with E-state index in [1.54, 1.807) is 6.07 Å². The first-order valence-corrected chi connectivity index (χ1v) is 7.01. The molecule has 19 heavy (non-hydrogen) atoms. The standard InChI is InChI=1S/C14H19N5/c1-11-8-12(9-15)17-14(16-11)19-7-4-13(10-19)18-5-2-3-6-18/h8,13H,2-7,10H2,1H3. The van der Waals surface area contributed by atoms with Gasteiger partial charge in [0.25, 0.3) is 0 Å². The summed E-state index contributed by atoms with van der Waals surface area (Å²) in [5.74, 6) is 0.721. The van der Waals surface area contributed by atoms with Crippen LogP contribution in [0.4, 0.5) is 5.95 Å². The Hall–Kier alpha value is -1.67. The Morgan fingerprint density at radius 1 is 1.26 bits per heavy atom. The van der Waals surface area contributed by atoms with Crippen molar-refractivity contribution < 1.29 is 0 Å². The molecule has 5 nitrogen and oxygen atoms in total. The molecule has 5 heteroatoms. The number of hydrogen-bond acceptors (Lipinski definition) is 5. The van der Waals surface area contributed by atoms with Crippen molar-refractivity contribution in [3.63, 3.8) is 0 Å². The van der Waals surface area contributed by atoms with Gasteiger partial charge in [-0.3, -0.25) is 4.90 Å². The Balaban J connectivity index is 1.73. The van der Waals surface area contributed by atoms with Crippen molar-refractivity contribution in [2.75, 3.05) is 31.1 Å². The molecule has 2 fully saturated rings. The van der Waals surface area contributed by atoms with Gasteiger partial charge in [0.05, 0.1) is 0 Å². The number of hydrogen-bond donors (Lipinski definition) is 0. The van der Waals surface area contributed by atoms with E-state index in [9.17, 15) is 0 Å². The minimum absolute atomic E-state index is 0.465. The van der Waals surface area contributed by atoms with Gasteiger partial charge >= 0.3 is 0 Å². The van der Waals surface area contributed by atoms with Gasteiger partial charge in [0.15, 0.2) is 0 Å². The fraction of sp³-hybridized carbons (Fsp3) is 0.643. The van der Waals surface area contributed by atoms with Crippen LogP contribution in [0.1, 0.15) is 30.7 Å². The van der Waals surface area contributed by atoms with Crippen molar-refractivity contribution in [3.05, 3.63) is 17.5 Å². The van der Waals surface area contributed by atoms with Crippen molar-refractivity contribution >= 4 is 5.95 Å². The summed E-state index contributed by atoms with van der Waals surface area (Å²) < 4.78 is 0. The van der Waals surface area contributed by atoms with E-state index in [1.165, 1.54) is 32.4 Å². The highest BCUT2D eigenvalue weighted by Crippen LogP contribution is 2.23. The number of rotatable bonds is 2. The predicted molar refractivity (Wildman–Crippen MR) is 72.9 cm³/mol. The normalized spacial score (nSPS) is 23.8. The number of nitrogens with zero attached hydrogens (tertiary/aromatic N) is 5. The predicted octanol–water partition coefficient (Wildman–Crippen LogP) is 1.33. The lowest BCUT2D eigenvalue weighted by atomic mass is 10.2. The molecule has 0 saturated carbocycles. The van der Waals surface area contributed by atoms with E-state index >= 15 is 0 Å². The minimum Gasteiger partial charge on any atom is -0.339 e. The highest BCUT2D eigenvalue weighted by atomic mass is 15.3. The Morgan fingerprint density at radius 3 is 2.79 bits per heavy atom. The number of nitriles is 1. The highest BCUT2D eigenvalue weighted by Gasteiger charge is 2.30. The van der Waals surface area contributed by atoms with Crippen LogP contribution in [-0.2, 0) is 0 Å². The van der Waals surface area contributed by atoms with Crippen molar-refractivity contribution in [1.29, 1.82) is 5.26 Å². The average molecular weight is 257 g/mol. The molecule has 3 rings (SSSR count). The van der Waals surface area contributed by atoms with Crippen LogP contribution in [0.15, 0.2) is 6.07 Å². The SMILES string of the molecule is Cc1cc(C#N)nc(N2CCC(N3CCCC3)C2)n1. The molecule has 2 aliphatic rings. The fourth-order valence-corrected chi connectivity index (χ4v) is 3.08. The third-order valence-corrected chi connectivity index (χ3v) is 4.06. The van der Waals surface area contributed by atoms with Crippen LogP contribution in [-0.4, -0.2) is 47.1 Å². The van der Waals surface area contributed by atoms with Gasteiger partial charge in [-0.2, -0.15) is 5.26 Å². The molecule has 1 aromatic heterocycles. The molecule has 100 valence electrons. The third-order valence-electron chi connectivity index (χ3n) is 4.06. The van der Waals surface area contributed by atoms with Gasteiger partial charge in [0.1, 0.15) is 11.8 Å². The van der Waals surface area contributed by atoms with Gasteiger partial charge in [-0.25, -0.2) is 9.97 Å². The van der Waals surface area contributed by atoms with Crippen LogP contribution in [0.3, 0.4) is 0 Å². The second kappa shape index (κ2) is 5.14. The molecule has 2 saturated heterocycles. The molecule has 0 radical (unpaired) electrons. The van der Waals surface area contributed by atoms with Gasteiger partial charge < -0.3 is 4.90 Å². The summed E-state index contributed by atoms with van der Waals surface area (Å²) >= 11 is 0. The summed E-state index contributed by atoms with van der Waals surface area (Å²) in [6.07, 6.45) is 3.84. The van der Waals surface area contributed by atoms with E-state index in [-0.39, 0.29) is 0 Å². The Morgan fingerprint density at radius 2 is 2.05 bits per heavy atom. The van der Waals surface area contributed by atoms with Gasteiger partial charge in [0, 0.05) is 24.8 Å². The largest absolute Gasteiger partial charge is 0.339 e. The van der Waals surface area contributed by atoms with Gasteiger partial charge in [-0.15, -0.1) is 0 Å². The molecule has 1 unspecified atom stereocenters. The molecule has 2 aliphatic heterocycles. The molecule has 0 N–H and O–H groups in total. The zero-order valence-electron chi connectivity index (χ0n) is 11.3. The number of anilines is 1. The molecule has 1 aromatic rings. The molecule has 0 aromatic carbocycles. The topological polar surface area (TPSA) is 56.1 Å². The van der Waals surface area contributed by atoms with Gasteiger partial charge in [-0.05, 0) is 45.3 Å². The summed E-state index contributed by atoms with van der Waals surface area (Å²) in [5.41, 5.74) is 1.33. The van der Waals surface area contributed by atoms with E-state index in [2.05, 4.69) is 25.8 Å². The summed E-state index contributed by atoms with van der Waals surface area (Å²) in [6.45, 7) is 6.37. The Labute approximate surface area is 113 Å². The molecule has 0 spiro atoms. The van der Waals surface area contributed by atoms with Crippen LogP contribution in [0, 0.1) is 18.3 Å². The summed E-state index contributed by atoms with van der Waals surface area (Å²) in [6, 6.07) is 4.48. The maximum atomic E-state index is 8.99. The maximum absolute atomic E-state index is 8.99. The quantitative estimate of drug-likeness (QED) is 0.800. The molecule has 0 bridgehead atoms. The number of aryl methyl sites for hydroxylation is 1. The Bertz CT molecular complexity index is 501. The number of aromatic nitrogens is 2. The first kappa shape index (κ1) is 12.4. The van der Waals surface area contributed by atoms with E-state index in [1.807, 2.05) is 6.92 Å². The van der Waals surface area contributed by atoms with Crippen molar-refractivity contribution in [2.45, 2.75) is 32.2 Å². The van der Waals surface area contributed by atoms with E-state index in [4.69, 9.17) is 5.26 Å². The van der Waals surface area contributed by atoms with Crippen molar-refractivity contribution in [2.24, 2.45) is 0 Å². The molecular formula is C14H19N5. The van der Waals surface area contributed by atoms with Crippen molar-refractivity contribution in [3.8, 4) is 6.07 Å². The zero-order chi connectivity index (χ0) is 13.2. The lowest BCUT2D eigenvalue weighted by Gasteiger charge is -2.23. The van der Waals surface area contributed by atoms with Crippen LogP contribution >= 0.6 is 0 Å². The first-order chi connectivity index (χ1) is 9.26. The Kier molecular flexibility index (Phi) is 3.34. The van der Waals surface area contributed by atoms with E-state index in [0.717, 1.165) is 24.7 Å². The third kappa shape index (κ3) is 2.54. The minimum atomic E-state index is 0.465. The number of likely N-dealkylation sites (tertiary alicyclic amines) is 1. The zero-order valence-corrected chi connectivity index (χ0v) is 11.3. The summed E-state index contributed by atoms with van der Waals surface area (Å²) in [5, 5.41) is 8.99. The van der Waals surface area contributed by atoms with E-state index < -0.39 is 0 Å². The van der Waals surface area contributed by atoms with Crippen LogP contribution in [0.5, 0.6) is 0 Å². The van der Waals surface area contributed by atoms with Crippen LogP contribution in [0.2, 0.25) is 0 Å². The second-order valence-electron chi connectivity index (χ2n) is 5.44. The first-order valence-electron chi connectivity index (χ1n) is 7.01. The smallest absolute Gasteiger partial charge is 0.226 e. The summed E-state index contributed by atoms with van der Waals surface area (Å²) in [7, 11) is 0. The fourth-order valence-electron chi connectivity index (χ4n) is 3.08. The van der Waals surface area contributed by atoms with Crippen LogP contribution < -0.4 is 4.90 Å². The van der Waals surface area contributed by atoms with Crippen molar-refractivity contribution in [1.82, 2.24) is 14.9 Å². The monoisotopic (exact) mass is 257 g/mol. The lowest BCUT2D eigenvalue weighted by molar-refractivity contribution is 0.260. The molecule has 1 atom stereocenters. The molecular weight excluding hydrogens is 238 g/mol. The second-order valence-corrected chi connectivity index (χ2v) is 5.44. The summed E-state index contributed by atoms with van der Waals surface area (Å²) in [4.78, 5) is 13.6. The molecule has 0 amide bonds. The maximum Gasteiger partial charge on any atom is 0.226 e. The highest BCUT2D eigenvalue weighted by molar-refractivity contribution is 5.37. The molecule has 0 aliphatic carbocycles. The van der Waals surface area contributed by atoms with Crippen LogP contribution in [0.25, 0.3) is 0 Å². The van der Waals surface area contributed by atoms with Gasteiger partial charge in [-0.1, -0.05) is 0 Å². The molecule has 3 heterocycles. The van der Waals surface area contributed by atoms with Gasteiger partial charge in [0.2, 0.25) is 5.95 Å². The van der Waals surface area contributed by atoms with E-state index in [0.29, 0.717) is 11.7 Å². The lowest BCUT2D eigenvalue weighted by Crippen LogP contribution is -2.35. The average Bonchev–Trinajstić information content (AvgIpc) is 3.08.